The molecule has 3 aromatic rings. The minimum absolute atomic E-state index is 0.0187. The Kier molecular flexibility index (Phi) is 7.04. The van der Waals surface area contributed by atoms with Crippen molar-refractivity contribution in [2.75, 3.05) is 18.1 Å². The molecule has 0 unspecified atom stereocenters. The Morgan fingerprint density at radius 3 is 2.44 bits per heavy atom. The molecule has 0 bridgehead atoms. The van der Waals surface area contributed by atoms with Crippen molar-refractivity contribution in [1.29, 1.82) is 0 Å². The number of hydrogen-bond acceptors (Lipinski definition) is 6. The van der Waals surface area contributed by atoms with Gasteiger partial charge in [0.05, 0.1) is 24.5 Å². The van der Waals surface area contributed by atoms with E-state index in [1.807, 2.05) is 32.2 Å². The molecule has 39 heavy (non-hydrogen) atoms. The molecule has 208 valence electrons. The van der Waals surface area contributed by atoms with Gasteiger partial charge in [-0.3, -0.25) is 14.2 Å². The number of halogens is 3. The Morgan fingerprint density at radius 2 is 1.82 bits per heavy atom. The van der Waals surface area contributed by atoms with Gasteiger partial charge in [0.25, 0.3) is 5.91 Å². The molecule has 1 N–H and O–H groups in total. The van der Waals surface area contributed by atoms with Crippen LogP contribution in [0.2, 0.25) is 0 Å². The van der Waals surface area contributed by atoms with Gasteiger partial charge in [0.15, 0.2) is 0 Å². The molecule has 0 saturated heterocycles. The third-order valence-electron chi connectivity index (χ3n) is 7.12. The molecule has 1 aromatic carbocycles. The highest BCUT2D eigenvalue weighted by molar-refractivity contribution is 7.90. The molecule has 1 fully saturated rings. The van der Waals surface area contributed by atoms with Gasteiger partial charge in [0.2, 0.25) is 0 Å². The molecule has 2 aromatic heterocycles. The van der Waals surface area contributed by atoms with Crippen LogP contribution in [0.3, 0.4) is 0 Å². The van der Waals surface area contributed by atoms with E-state index in [-0.39, 0.29) is 37.3 Å². The summed E-state index contributed by atoms with van der Waals surface area (Å²) in [5, 5.41) is 8.82. The number of aromatic nitrogens is 2. The summed E-state index contributed by atoms with van der Waals surface area (Å²) in [7, 11) is -5.51. The molecule has 5 rings (SSSR count). The number of alkyl halides is 3. The molecule has 1 aliphatic heterocycles. The van der Waals surface area contributed by atoms with Gasteiger partial charge in [0.1, 0.15) is 17.2 Å². The number of pyridine rings is 1. The van der Waals surface area contributed by atoms with Crippen LogP contribution in [0, 0.1) is 12.8 Å². The van der Waals surface area contributed by atoms with Crippen molar-refractivity contribution < 1.29 is 26.4 Å². The van der Waals surface area contributed by atoms with E-state index in [0.717, 1.165) is 17.5 Å². The Labute approximate surface area is 224 Å². The maximum atomic E-state index is 13.3. The highest BCUT2D eigenvalue weighted by Gasteiger charge is 2.53. The van der Waals surface area contributed by atoms with E-state index in [0.29, 0.717) is 46.3 Å². The van der Waals surface area contributed by atoms with Gasteiger partial charge in [-0.2, -0.15) is 26.7 Å². The molecule has 1 amide bonds. The number of anilines is 1. The van der Waals surface area contributed by atoms with Gasteiger partial charge in [0, 0.05) is 18.7 Å². The molecule has 1 saturated carbocycles. The quantitative estimate of drug-likeness (QED) is 0.465. The molecular weight excluding hydrogens is 533 g/mol. The average Bonchev–Trinajstić information content (AvgIpc) is 3.23. The van der Waals surface area contributed by atoms with Crippen LogP contribution in [0.1, 0.15) is 53.5 Å². The molecule has 1 aliphatic carbocycles. The first-order valence-corrected chi connectivity index (χ1v) is 14.2. The average molecular weight is 563 g/mol. The number of hydrazone groups is 1. The standard InChI is InChI=1S/C26H29F3N6O3S/c1-3-21-23(33-16-17(2)7-12-22(33)31-21)25(36)30-15-18-8-10-20(11-9-18)34-13-14-35(39(37,38)26(27,28)29)24(32-34)19-5-4-6-19/h7-12,16,19H,3-6,13-15H2,1-2H3,(H,30,36). The highest BCUT2D eigenvalue weighted by atomic mass is 32.2. The van der Waals surface area contributed by atoms with E-state index in [2.05, 4.69) is 15.4 Å². The Balaban J connectivity index is 1.31. The predicted octanol–water partition coefficient (Wildman–Crippen LogP) is 4.22. The lowest BCUT2D eigenvalue weighted by Crippen LogP contribution is -2.54. The predicted molar refractivity (Wildman–Crippen MR) is 141 cm³/mol. The van der Waals surface area contributed by atoms with Crippen LogP contribution in [0.15, 0.2) is 47.7 Å². The fourth-order valence-corrected chi connectivity index (χ4v) is 5.77. The summed E-state index contributed by atoms with van der Waals surface area (Å²) in [5.41, 5.74) is -1.03. The zero-order valence-electron chi connectivity index (χ0n) is 21.6. The molecule has 13 heteroatoms. The van der Waals surface area contributed by atoms with Gasteiger partial charge in [-0.25, -0.2) is 9.29 Å². The number of carbonyl (C=O) groups is 1. The number of rotatable bonds is 7. The van der Waals surface area contributed by atoms with Crippen LogP contribution in [0.4, 0.5) is 18.9 Å². The van der Waals surface area contributed by atoms with Crippen molar-refractivity contribution in [2.45, 2.75) is 51.6 Å². The summed E-state index contributed by atoms with van der Waals surface area (Å²) in [6, 6.07) is 10.9. The second-order valence-electron chi connectivity index (χ2n) is 9.78. The number of amides is 1. The van der Waals surface area contributed by atoms with E-state index in [1.54, 1.807) is 28.7 Å². The third kappa shape index (κ3) is 5.07. The number of amidine groups is 1. The maximum absolute atomic E-state index is 13.3. The number of benzene rings is 1. The smallest absolute Gasteiger partial charge is 0.347 e. The van der Waals surface area contributed by atoms with Crippen LogP contribution in [0.5, 0.6) is 0 Å². The van der Waals surface area contributed by atoms with Crippen LogP contribution in [0.25, 0.3) is 5.65 Å². The summed E-state index contributed by atoms with van der Waals surface area (Å²) in [5.74, 6) is -0.627. The second-order valence-corrected chi connectivity index (χ2v) is 11.6. The zero-order chi connectivity index (χ0) is 27.9. The van der Waals surface area contributed by atoms with E-state index >= 15 is 0 Å². The van der Waals surface area contributed by atoms with Crippen molar-refractivity contribution in [3.63, 3.8) is 0 Å². The van der Waals surface area contributed by atoms with Crippen LogP contribution >= 0.6 is 0 Å². The van der Waals surface area contributed by atoms with Crippen molar-refractivity contribution >= 4 is 33.1 Å². The molecule has 2 aliphatic rings. The Hall–Kier alpha value is -3.61. The third-order valence-corrected chi connectivity index (χ3v) is 8.66. The van der Waals surface area contributed by atoms with E-state index in [4.69, 9.17) is 0 Å². The summed E-state index contributed by atoms with van der Waals surface area (Å²) < 4.78 is 66.3. The fourth-order valence-electron chi connectivity index (χ4n) is 4.77. The van der Waals surface area contributed by atoms with Crippen molar-refractivity contribution in [3.8, 4) is 0 Å². The molecular formula is C26H29F3N6O3S. The van der Waals surface area contributed by atoms with Crippen molar-refractivity contribution in [3.05, 3.63) is 65.1 Å². The summed E-state index contributed by atoms with van der Waals surface area (Å²) >= 11 is 0. The lowest BCUT2D eigenvalue weighted by molar-refractivity contribution is -0.0474. The van der Waals surface area contributed by atoms with Crippen LogP contribution in [-0.4, -0.2) is 52.4 Å². The van der Waals surface area contributed by atoms with Gasteiger partial charge in [-0.15, -0.1) is 0 Å². The maximum Gasteiger partial charge on any atom is 0.516 e. The zero-order valence-corrected chi connectivity index (χ0v) is 22.4. The number of aryl methyl sites for hydroxylation is 2. The first-order valence-electron chi connectivity index (χ1n) is 12.8. The van der Waals surface area contributed by atoms with E-state index in [9.17, 15) is 26.4 Å². The Bertz CT molecular complexity index is 1530. The SMILES string of the molecule is CCc1nc2ccc(C)cn2c1C(=O)NCc1ccc(N2CCN(S(=O)(=O)C(F)(F)F)C(C3CCC3)=N2)cc1. The minimum Gasteiger partial charge on any atom is -0.347 e. The largest absolute Gasteiger partial charge is 0.516 e. The topological polar surface area (TPSA) is 99.4 Å². The lowest BCUT2D eigenvalue weighted by Gasteiger charge is -2.39. The van der Waals surface area contributed by atoms with Crippen LogP contribution in [-0.2, 0) is 23.0 Å². The molecule has 9 nitrogen and oxygen atoms in total. The van der Waals surface area contributed by atoms with Gasteiger partial charge in [-0.1, -0.05) is 31.5 Å². The number of nitrogens with one attached hydrogen (secondary N) is 1. The number of sulfonamides is 1. The normalized spacial score (nSPS) is 16.8. The molecule has 0 spiro atoms. The first-order chi connectivity index (χ1) is 18.5. The number of carbonyl (C=O) groups excluding carboxylic acids is 1. The van der Waals surface area contributed by atoms with Gasteiger partial charge >= 0.3 is 15.5 Å². The van der Waals surface area contributed by atoms with Gasteiger partial charge < -0.3 is 5.32 Å². The second kappa shape index (κ2) is 10.2. The number of nitrogens with zero attached hydrogens (tertiary/aromatic N) is 5. The van der Waals surface area contributed by atoms with E-state index < -0.39 is 15.5 Å². The lowest BCUT2D eigenvalue weighted by atomic mass is 9.84. The van der Waals surface area contributed by atoms with Crippen molar-refractivity contribution in [2.24, 2.45) is 11.0 Å². The van der Waals surface area contributed by atoms with Gasteiger partial charge in [-0.05, 0) is 55.5 Å². The number of imidazole rings is 1. The summed E-state index contributed by atoms with van der Waals surface area (Å²) in [4.78, 5) is 17.6. The monoisotopic (exact) mass is 562 g/mol. The van der Waals surface area contributed by atoms with Crippen LogP contribution < -0.4 is 10.3 Å². The first kappa shape index (κ1) is 27.0. The summed E-state index contributed by atoms with van der Waals surface area (Å²) in [6.07, 6.45) is 4.50. The van der Waals surface area contributed by atoms with E-state index in [1.165, 1.54) is 5.01 Å². The molecule has 0 radical (unpaired) electrons. The number of fused-ring (bicyclic) bond motifs is 1. The molecule has 0 atom stereocenters. The highest BCUT2D eigenvalue weighted by Crippen LogP contribution is 2.36. The Morgan fingerprint density at radius 1 is 1.10 bits per heavy atom. The minimum atomic E-state index is -5.51. The number of hydrogen-bond donors (Lipinski definition) is 1. The summed E-state index contributed by atoms with van der Waals surface area (Å²) in [6.45, 7) is 3.79. The fraction of sp³-hybridized carbons (Fsp3) is 0.423. The van der Waals surface area contributed by atoms with Crippen molar-refractivity contribution in [1.82, 2.24) is 19.0 Å². The molecule has 3 heterocycles.